The summed E-state index contributed by atoms with van der Waals surface area (Å²) in [5.41, 5.74) is 3.06. The average Bonchev–Trinajstić information content (AvgIpc) is 2.62. The van der Waals surface area contributed by atoms with Crippen LogP contribution in [0.15, 0.2) is 54.6 Å². The van der Waals surface area contributed by atoms with Crippen LogP contribution in [0, 0.1) is 6.92 Å². The number of aryl methyl sites for hydroxylation is 2. The molecule has 2 aromatic carbocycles. The fraction of sp³-hybridized carbons (Fsp3) is 0.150. The summed E-state index contributed by atoms with van der Waals surface area (Å²) in [6.07, 6.45) is 0.987. The van der Waals surface area contributed by atoms with E-state index in [4.69, 9.17) is 11.6 Å². The molecular formula is C20H19ClN4O. The number of hydrogen-bond donors (Lipinski definition) is 2. The van der Waals surface area contributed by atoms with E-state index in [0.29, 0.717) is 22.4 Å². The van der Waals surface area contributed by atoms with Crippen molar-refractivity contribution in [2.24, 2.45) is 0 Å². The second-order valence-electron chi connectivity index (χ2n) is 5.83. The highest BCUT2D eigenvalue weighted by Crippen LogP contribution is 2.18. The Morgan fingerprint density at radius 3 is 2.50 bits per heavy atom. The molecule has 6 heteroatoms. The highest BCUT2D eigenvalue weighted by atomic mass is 35.5. The number of nitrogens with one attached hydrogen (secondary N) is 2. The van der Waals surface area contributed by atoms with E-state index in [9.17, 15) is 4.79 Å². The topological polar surface area (TPSA) is 66.9 Å². The van der Waals surface area contributed by atoms with Crippen LogP contribution < -0.4 is 10.6 Å². The number of carbonyl (C=O) groups is 1. The Balaban J connectivity index is 1.79. The number of hydrogen-bond acceptors (Lipinski definition) is 4. The number of halogens is 1. The van der Waals surface area contributed by atoms with E-state index in [1.807, 2.05) is 12.1 Å². The zero-order valence-corrected chi connectivity index (χ0v) is 15.3. The van der Waals surface area contributed by atoms with Gasteiger partial charge in [-0.3, -0.25) is 4.79 Å². The number of aromatic nitrogens is 2. The molecule has 0 saturated carbocycles. The molecular weight excluding hydrogens is 348 g/mol. The van der Waals surface area contributed by atoms with Gasteiger partial charge in [-0.15, -0.1) is 0 Å². The van der Waals surface area contributed by atoms with E-state index in [2.05, 4.69) is 39.7 Å². The van der Waals surface area contributed by atoms with Crippen LogP contribution in [-0.4, -0.2) is 15.9 Å². The molecule has 0 atom stereocenters. The monoisotopic (exact) mass is 366 g/mol. The van der Waals surface area contributed by atoms with Gasteiger partial charge in [0.25, 0.3) is 5.91 Å². The van der Waals surface area contributed by atoms with Crippen molar-refractivity contribution in [3.05, 3.63) is 76.7 Å². The van der Waals surface area contributed by atoms with E-state index in [0.717, 1.165) is 12.1 Å². The number of anilines is 3. The van der Waals surface area contributed by atoms with Crippen LogP contribution in [0.3, 0.4) is 0 Å². The third-order valence-corrected chi connectivity index (χ3v) is 4.02. The molecule has 3 rings (SSSR count). The van der Waals surface area contributed by atoms with Crippen molar-refractivity contribution in [3.8, 4) is 0 Å². The van der Waals surface area contributed by atoms with Crippen molar-refractivity contribution >= 4 is 34.7 Å². The molecule has 0 unspecified atom stereocenters. The van der Waals surface area contributed by atoms with Crippen molar-refractivity contribution in [1.82, 2.24) is 9.97 Å². The zero-order valence-electron chi connectivity index (χ0n) is 14.6. The van der Waals surface area contributed by atoms with Gasteiger partial charge in [0.1, 0.15) is 17.3 Å². The van der Waals surface area contributed by atoms with Crippen molar-refractivity contribution in [2.75, 3.05) is 10.6 Å². The Morgan fingerprint density at radius 2 is 1.81 bits per heavy atom. The standard InChI is InChI=1S/C20H19ClN4O/c1-3-14-7-9-16(10-8-14)24-19-12-18(22-13(2)23-19)20(26)25-17-6-4-5-15(21)11-17/h4-12H,3H2,1-2H3,(H,25,26)(H,22,23,24). The van der Waals surface area contributed by atoms with E-state index in [1.165, 1.54) is 5.56 Å². The number of amides is 1. The number of rotatable bonds is 5. The van der Waals surface area contributed by atoms with Crippen molar-refractivity contribution in [1.29, 1.82) is 0 Å². The molecule has 0 fully saturated rings. The molecule has 132 valence electrons. The molecule has 0 bridgehead atoms. The predicted molar refractivity (Wildman–Crippen MR) is 105 cm³/mol. The molecule has 1 heterocycles. The third kappa shape index (κ3) is 4.58. The lowest BCUT2D eigenvalue weighted by molar-refractivity contribution is 0.102. The molecule has 26 heavy (non-hydrogen) atoms. The summed E-state index contributed by atoms with van der Waals surface area (Å²) in [7, 11) is 0. The lowest BCUT2D eigenvalue weighted by Gasteiger charge is -2.10. The van der Waals surface area contributed by atoms with Crippen LogP contribution in [0.25, 0.3) is 0 Å². The maximum Gasteiger partial charge on any atom is 0.274 e. The Kier molecular flexibility index (Phi) is 5.49. The Hall–Kier alpha value is -2.92. The lowest BCUT2D eigenvalue weighted by atomic mass is 10.1. The minimum Gasteiger partial charge on any atom is -0.340 e. The molecule has 5 nitrogen and oxygen atoms in total. The van der Waals surface area contributed by atoms with Gasteiger partial charge in [0.05, 0.1) is 0 Å². The van der Waals surface area contributed by atoms with E-state index in [-0.39, 0.29) is 11.6 Å². The quantitative estimate of drug-likeness (QED) is 0.667. The molecule has 1 aromatic heterocycles. The molecule has 3 aromatic rings. The van der Waals surface area contributed by atoms with Crippen LogP contribution in [0.5, 0.6) is 0 Å². The lowest BCUT2D eigenvalue weighted by Crippen LogP contribution is -2.15. The van der Waals surface area contributed by atoms with Gasteiger partial charge in [-0.05, 0) is 49.2 Å². The third-order valence-electron chi connectivity index (χ3n) is 3.79. The van der Waals surface area contributed by atoms with Gasteiger partial charge in [0.15, 0.2) is 0 Å². The summed E-state index contributed by atoms with van der Waals surface area (Å²) < 4.78 is 0. The maximum absolute atomic E-state index is 12.5. The fourth-order valence-corrected chi connectivity index (χ4v) is 2.67. The van der Waals surface area contributed by atoms with Crippen molar-refractivity contribution < 1.29 is 4.79 Å². The van der Waals surface area contributed by atoms with Gasteiger partial charge in [0.2, 0.25) is 0 Å². The molecule has 2 N–H and O–H groups in total. The minimum absolute atomic E-state index is 0.283. The normalized spacial score (nSPS) is 10.4. The summed E-state index contributed by atoms with van der Waals surface area (Å²) in [6, 6.07) is 16.7. The molecule has 0 aliphatic heterocycles. The fourth-order valence-electron chi connectivity index (χ4n) is 2.48. The van der Waals surface area contributed by atoms with Gasteiger partial charge in [-0.2, -0.15) is 0 Å². The molecule has 0 aliphatic carbocycles. The summed E-state index contributed by atoms with van der Waals surface area (Å²) in [5.74, 6) is 0.761. The average molecular weight is 367 g/mol. The number of nitrogens with zero attached hydrogens (tertiary/aromatic N) is 2. The maximum atomic E-state index is 12.5. The first kappa shape index (κ1) is 17.9. The first-order valence-electron chi connectivity index (χ1n) is 8.32. The van der Waals surface area contributed by atoms with E-state index in [1.54, 1.807) is 37.3 Å². The molecule has 0 saturated heterocycles. The highest BCUT2D eigenvalue weighted by Gasteiger charge is 2.11. The Morgan fingerprint density at radius 1 is 1.04 bits per heavy atom. The van der Waals surface area contributed by atoms with Gasteiger partial charge in [0, 0.05) is 22.5 Å². The zero-order chi connectivity index (χ0) is 18.5. The largest absolute Gasteiger partial charge is 0.340 e. The molecule has 0 aliphatic rings. The van der Waals surface area contributed by atoms with Crippen LogP contribution in [-0.2, 0) is 6.42 Å². The summed E-state index contributed by atoms with van der Waals surface area (Å²) in [4.78, 5) is 21.1. The van der Waals surface area contributed by atoms with Gasteiger partial charge >= 0.3 is 0 Å². The first-order chi connectivity index (χ1) is 12.5. The van der Waals surface area contributed by atoms with Gasteiger partial charge in [-0.25, -0.2) is 9.97 Å². The van der Waals surface area contributed by atoms with Crippen LogP contribution in [0.1, 0.15) is 28.8 Å². The summed E-state index contributed by atoms with van der Waals surface area (Å²) in [6.45, 7) is 3.86. The Labute approximate surface area is 157 Å². The first-order valence-corrected chi connectivity index (χ1v) is 8.70. The summed E-state index contributed by atoms with van der Waals surface area (Å²) >= 11 is 5.95. The minimum atomic E-state index is -0.317. The van der Waals surface area contributed by atoms with Crippen molar-refractivity contribution in [2.45, 2.75) is 20.3 Å². The smallest absolute Gasteiger partial charge is 0.274 e. The van der Waals surface area contributed by atoms with Crippen LogP contribution in [0.2, 0.25) is 5.02 Å². The van der Waals surface area contributed by atoms with Crippen molar-refractivity contribution in [3.63, 3.8) is 0 Å². The second-order valence-corrected chi connectivity index (χ2v) is 6.26. The predicted octanol–water partition coefficient (Wildman–Crippen LogP) is 5.00. The SMILES string of the molecule is CCc1ccc(Nc2cc(C(=O)Nc3cccc(Cl)c3)nc(C)n2)cc1. The molecule has 0 spiro atoms. The van der Waals surface area contributed by atoms with Crippen LogP contribution >= 0.6 is 11.6 Å². The molecule has 0 radical (unpaired) electrons. The summed E-state index contributed by atoms with van der Waals surface area (Å²) in [5, 5.41) is 6.56. The van der Waals surface area contributed by atoms with Crippen LogP contribution in [0.4, 0.5) is 17.2 Å². The second kappa shape index (κ2) is 7.97. The van der Waals surface area contributed by atoms with Gasteiger partial charge in [-0.1, -0.05) is 36.7 Å². The highest BCUT2D eigenvalue weighted by molar-refractivity contribution is 6.30. The Bertz CT molecular complexity index is 925. The van der Waals surface area contributed by atoms with E-state index >= 15 is 0 Å². The number of carbonyl (C=O) groups excluding carboxylic acids is 1. The van der Waals surface area contributed by atoms with E-state index < -0.39 is 0 Å². The number of benzene rings is 2. The molecule has 1 amide bonds. The van der Waals surface area contributed by atoms with Gasteiger partial charge < -0.3 is 10.6 Å².